The van der Waals surface area contributed by atoms with Crippen molar-refractivity contribution in [3.63, 3.8) is 0 Å². The molecule has 1 unspecified atom stereocenters. The largest absolute Gasteiger partial charge is 0.466 e. The van der Waals surface area contributed by atoms with Crippen molar-refractivity contribution < 1.29 is 24.9 Å². The van der Waals surface area contributed by atoms with E-state index in [1.807, 2.05) is 48.6 Å². The highest BCUT2D eigenvalue weighted by Crippen LogP contribution is 2.36. The minimum atomic E-state index is -0.598. The third kappa shape index (κ3) is 9.68. The van der Waals surface area contributed by atoms with Crippen LogP contribution in [0.25, 0.3) is 0 Å². The number of rotatable bonds is 14. The molecule has 1 aromatic rings. The molecule has 0 saturated heterocycles. The van der Waals surface area contributed by atoms with E-state index in [2.05, 4.69) is 6.92 Å². The molecule has 1 saturated carbocycles. The number of ether oxygens (including phenoxy) is 1. The number of esters is 1. The summed E-state index contributed by atoms with van der Waals surface area (Å²) in [6.45, 7) is 2.57. The number of unbranched alkanes of at least 4 members (excludes halogenated alkanes) is 2. The minimum Gasteiger partial charge on any atom is -0.466 e. The Morgan fingerprint density at radius 3 is 2.69 bits per heavy atom. The fraction of sp³-hybridized carbons (Fsp3) is 0.593. The average molecular weight is 445 g/mol. The van der Waals surface area contributed by atoms with Crippen LogP contribution >= 0.6 is 0 Å². The zero-order chi connectivity index (χ0) is 23.2. The third-order valence-electron chi connectivity index (χ3n) is 6.13. The van der Waals surface area contributed by atoms with E-state index < -0.39 is 18.3 Å². The lowest BCUT2D eigenvalue weighted by molar-refractivity contribution is -0.143. The molecule has 1 aliphatic carbocycles. The highest BCUT2D eigenvalue weighted by Gasteiger charge is 2.39. The zero-order valence-corrected chi connectivity index (χ0v) is 19.3. The number of aliphatic hydroxyl groups is 3. The normalized spacial score (nSPS) is 24.4. The molecule has 2 rings (SSSR count). The first kappa shape index (κ1) is 26.3. The van der Waals surface area contributed by atoms with Crippen molar-refractivity contribution in [2.45, 2.75) is 83.0 Å². The molecule has 0 spiro atoms. The Balaban J connectivity index is 1.73. The predicted molar refractivity (Wildman–Crippen MR) is 127 cm³/mol. The standard InChI is InChI=1S/C27H40O5/c1-2-3-19-32-27(31)14-10-5-4-9-13-23-24(26(30)20-25(23)29)18-17-22(28)16-15-21-11-7-6-8-12-21/h4,6-9,11-12,17-18,22-26,28-30H,2-3,5,10,13-16,19-20H2,1H3/b9-4-,18-17+/t22-,23+,24?,25-,26+/m0/s1. The van der Waals surface area contributed by atoms with Gasteiger partial charge in [0.1, 0.15) is 0 Å². The summed E-state index contributed by atoms with van der Waals surface area (Å²) in [5.41, 5.74) is 1.19. The van der Waals surface area contributed by atoms with Crippen molar-refractivity contribution in [1.29, 1.82) is 0 Å². The fourth-order valence-electron chi connectivity index (χ4n) is 4.16. The summed E-state index contributed by atoms with van der Waals surface area (Å²) in [5.74, 6) is -0.385. The van der Waals surface area contributed by atoms with Gasteiger partial charge >= 0.3 is 5.97 Å². The van der Waals surface area contributed by atoms with Crippen LogP contribution in [0.2, 0.25) is 0 Å². The van der Waals surface area contributed by atoms with Crippen molar-refractivity contribution in [2.75, 3.05) is 6.61 Å². The average Bonchev–Trinajstić information content (AvgIpc) is 3.06. The van der Waals surface area contributed by atoms with Crippen LogP contribution in [0.5, 0.6) is 0 Å². The third-order valence-corrected chi connectivity index (χ3v) is 6.13. The second-order valence-corrected chi connectivity index (χ2v) is 8.76. The molecule has 32 heavy (non-hydrogen) atoms. The van der Waals surface area contributed by atoms with E-state index in [0.717, 1.165) is 32.1 Å². The summed E-state index contributed by atoms with van der Waals surface area (Å²) in [5, 5.41) is 31.1. The van der Waals surface area contributed by atoms with E-state index in [-0.39, 0.29) is 17.8 Å². The van der Waals surface area contributed by atoms with Crippen molar-refractivity contribution in [1.82, 2.24) is 0 Å². The van der Waals surface area contributed by atoms with Gasteiger partial charge < -0.3 is 20.1 Å². The molecule has 0 radical (unpaired) electrons. The van der Waals surface area contributed by atoms with Crippen LogP contribution in [0.3, 0.4) is 0 Å². The number of carbonyl (C=O) groups excluding carboxylic acids is 1. The van der Waals surface area contributed by atoms with Crippen molar-refractivity contribution in [3.8, 4) is 0 Å². The van der Waals surface area contributed by atoms with Gasteiger partial charge in [0.15, 0.2) is 0 Å². The monoisotopic (exact) mass is 444 g/mol. The second-order valence-electron chi connectivity index (χ2n) is 8.76. The van der Waals surface area contributed by atoms with Gasteiger partial charge in [-0.2, -0.15) is 0 Å². The summed E-state index contributed by atoms with van der Waals surface area (Å²) in [7, 11) is 0. The summed E-state index contributed by atoms with van der Waals surface area (Å²) in [6.07, 6.45) is 12.3. The molecule has 0 aliphatic heterocycles. The molecule has 5 atom stereocenters. The SMILES string of the molecule is CCCCOC(=O)CCC/C=C\C[C@@H]1C(/C=C/[C@@H](O)CCc2ccccc2)[C@H](O)C[C@@H]1O. The van der Waals surface area contributed by atoms with Crippen LogP contribution in [0.1, 0.15) is 63.9 Å². The first-order valence-corrected chi connectivity index (χ1v) is 12.1. The van der Waals surface area contributed by atoms with Crippen LogP contribution in [0.4, 0.5) is 0 Å². The summed E-state index contributed by atoms with van der Waals surface area (Å²) in [6, 6.07) is 10.1. The molecule has 5 nitrogen and oxygen atoms in total. The quantitative estimate of drug-likeness (QED) is 0.226. The van der Waals surface area contributed by atoms with E-state index in [9.17, 15) is 20.1 Å². The lowest BCUT2D eigenvalue weighted by Gasteiger charge is -2.19. The number of hydrogen-bond donors (Lipinski definition) is 3. The van der Waals surface area contributed by atoms with Crippen molar-refractivity contribution >= 4 is 5.97 Å². The zero-order valence-electron chi connectivity index (χ0n) is 19.3. The maximum atomic E-state index is 11.6. The van der Waals surface area contributed by atoms with Crippen LogP contribution in [-0.2, 0) is 16.0 Å². The Hall–Kier alpha value is -1.95. The molecule has 1 aromatic carbocycles. The van der Waals surface area contributed by atoms with E-state index in [1.165, 1.54) is 5.56 Å². The van der Waals surface area contributed by atoms with E-state index in [1.54, 1.807) is 6.08 Å². The number of allylic oxidation sites excluding steroid dienone is 2. The van der Waals surface area contributed by atoms with Gasteiger partial charge in [-0.05, 0) is 50.0 Å². The minimum absolute atomic E-state index is 0.0715. The molecular formula is C27H40O5. The van der Waals surface area contributed by atoms with Crippen LogP contribution in [0, 0.1) is 11.8 Å². The van der Waals surface area contributed by atoms with E-state index >= 15 is 0 Å². The molecular weight excluding hydrogens is 404 g/mol. The number of aryl methyl sites for hydroxylation is 1. The Morgan fingerprint density at radius 1 is 1.16 bits per heavy atom. The van der Waals surface area contributed by atoms with Crippen molar-refractivity contribution in [2.24, 2.45) is 11.8 Å². The van der Waals surface area contributed by atoms with Gasteiger partial charge in [-0.3, -0.25) is 4.79 Å². The van der Waals surface area contributed by atoms with Gasteiger partial charge in [0.25, 0.3) is 0 Å². The Labute approximate surface area is 192 Å². The van der Waals surface area contributed by atoms with Gasteiger partial charge in [-0.25, -0.2) is 0 Å². The lowest BCUT2D eigenvalue weighted by atomic mass is 9.89. The number of benzene rings is 1. The maximum Gasteiger partial charge on any atom is 0.305 e. The fourth-order valence-corrected chi connectivity index (χ4v) is 4.16. The molecule has 1 aliphatic rings. The van der Waals surface area contributed by atoms with Gasteiger partial charge in [0.2, 0.25) is 0 Å². The predicted octanol–water partition coefficient (Wildman–Crippen LogP) is 4.35. The smallest absolute Gasteiger partial charge is 0.305 e. The van der Waals surface area contributed by atoms with Gasteiger partial charge in [-0.15, -0.1) is 0 Å². The topological polar surface area (TPSA) is 87.0 Å². The van der Waals surface area contributed by atoms with E-state index in [4.69, 9.17) is 4.74 Å². The summed E-state index contributed by atoms with van der Waals surface area (Å²) < 4.78 is 5.15. The van der Waals surface area contributed by atoms with Gasteiger partial charge in [0.05, 0.1) is 24.9 Å². The molecule has 0 bridgehead atoms. The molecule has 0 aromatic heterocycles. The molecule has 5 heteroatoms. The number of hydrogen-bond acceptors (Lipinski definition) is 5. The molecule has 3 N–H and O–H groups in total. The first-order valence-electron chi connectivity index (χ1n) is 12.1. The molecule has 0 heterocycles. The van der Waals surface area contributed by atoms with E-state index in [0.29, 0.717) is 32.3 Å². The first-order chi connectivity index (χ1) is 15.5. The van der Waals surface area contributed by atoms with Crippen LogP contribution in [0.15, 0.2) is 54.6 Å². The second kappa shape index (κ2) is 15.0. The van der Waals surface area contributed by atoms with Crippen LogP contribution < -0.4 is 0 Å². The number of aliphatic hydroxyl groups excluding tert-OH is 3. The Kier molecular flexibility index (Phi) is 12.3. The highest BCUT2D eigenvalue weighted by molar-refractivity contribution is 5.69. The summed E-state index contributed by atoms with van der Waals surface area (Å²) >= 11 is 0. The Bertz CT molecular complexity index is 699. The van der Waals surface area contributed by atoms with Gasteiger partial charge in [0, 0.05) is 18.8 Å². The summed E-state index contributed by atoms with van der Waals surface area (Å²) in [4.78, 5) is 11.6. The molecule has 178 valence electrons. The number of carbonyl (C=O) groups is 1. The Morgan fingerprint density at radius 2 is 1.94 bits per heavy atom. The molecule has 1 fully saturated rings. The highest BCUT2D eigenvalue weighted by atomic mass is 16.5. The van der Waals surface area contributed by atoms with Gasteiger partial charge in [-0.1, -0.05) is 68.0 Å². The lowest BCUT2D eigenvalue weighted by Crippen LogP contribution is -2.20. The van der Waals surface area contributed by atoms with Crippen molar-refractivity contribution in [3.05, 3.63) is 60.2 Å². The molecule has 0 amide bonds. The van der Waals surface area contributed by atoms with Crippen LogP contribution in [-0.4, -0.2) is 46.2 Å². The maximum absolute atomic E-state index is 11.6.